The van der Waals surface area contributed by atoms with E-state index in [9.17, 15) is 5.11 Å². The Hall–Kier alpha value is -0.870. The van der Waals surface area contributed by atoms with Gasteiger partial charge in [0.15, 0.2) is 0 Å². The molecule has 1 aliphatic rings. The molecule has 0 aromatic carbocycles. The molecular weight excluding hydrogens is 178 g/mol. The number of aliphatic hydroxyl groups is 1. The normalized spacial score (nSPS) is 24.9. The number of hydrogen-bond donors (Lipinski definition) is 2. The molecule has 1 aliphatic heterocycles. The van der Waals surface area contributed by atoms with Gasteiger partial charge >= 0.3 is 0 Å². The summed E-state index contributed by atoms with van der Waals surface area (Å²) in [5.74, 6) is 0.333. The van der Waals surface area contributed by atoms with Gasteiger partial charge in [-0.05, 0) is 25.5 Å². The Morgan fingerprint density at radius 3 is 3.14 bits per heavy atom. The maximum absolute atomic E-state index is 10.1. The van der Waals surface area contributed by atoms with Crippen LogP contribution in [0, 0.1) is 5.92 Å². The zero-order chi connectivity index (χ0) is 9.97. The minimum atomic E-state index is -0.379. The number of hydrogen-bond acceptors (Lipinski definition) is 3. The molecule has 2 N–H and O–H groups in total. The van der Waals surface area contributed by atoms with E-state index in [0.717, 1.165) is 31.6 Å². The van der Waals surface area contributed by atoms with Gasteiger partial charge in [0.1, 0.15) is 0 Å². The second-order valence-corrected chi connectivity index (χ2v) is 3.93. The van der Waals surface area contributed by atoms with Crippen molar-refractivity contribution in [3.05, 3.63) is 18.0 Å². The monoisotopic (exact) mass is 195 g/mol. The van der Waals surface area contributed by atoms with Crippen LogP contribution in [-0.4, -0.2) is 28.0 Å². The minimum absolute atomic E-state index is 0.333. The summed E-state index contributed by atoms with van der Waals surface area (Å²) in [6.45, 7) is 1.99. The molecule has 2 heterocycles. The summed E-state index contributed by atoms with van der Waals surface area (Å²) < 4.78 is 1.75. The quantitative estimate of drug-likeness (QED) is 0.720. The summed E-state index contributed by atoms with van der Waals surface area (Å²) in [6, 6.07) is 1.89. The van der Waals surface area contributed by atoms with Crippen molar-refractivity contribution >= 4 is 0 Å². The van der Waals surface area contributed by atoms with Crippen LogP contribution >= 0.6 is 0 Å². The highest BCUT2D eigenvalue weighted by Crippen LogP contribution is 2.26. The highest BCUT2D eigenvalue weighted by Gasteiger charge is 2.24. The van der Waals surface area contributed by atoms with Gasteiger partial charge in [0.2, 0.25) is 0 Å². The van der Waals surface area contributed by atoms with Crippen molar-refractivity contribution in [2.45, 2.75) is 18.9 Å². The van der Waals surface area contributed by atoms with Crippen LogP contribution in [0.3, 0.4) is 0 Å². The first-order valence-electron chi connectivity index (χ1n) is 5.15. The fourth-order valence-electron chi connectivity index (χ4n) is 2.06. The summed E-state index contributed by atoms with van der Waals surface area (Å²) in [5.41, 5.74) is 0.915. The third kappa shape index (κ3) is 1.81. The lowest BCUT2D eigenvalue weighted by Crippen LogP contribution is -2.33. The molecule has 1 aromatic heterocycles. The Morgan fingerprint density at radius 1 is 1.71 bits per heavy atom. The molecule has 2 rings (SSSR count). The first-order chi connectivity index (χ1) is 6.79. The summed E-state index contributed by atoms with van der Waals surface area (Å²) in [5, 5.41) is 17.5. The summed E-state index contributed by atoms with van der Waals surface area (Å²) in [6.07, 6.45) is 3.60. The van der Waals surface area contributed by atoms with Crippen LogP contribution in [0.1, 0.15) is 24.6 Å². The molecule has 0 aliphatic carbocycles. The van der Waals surface area contributed by atoms with Gasteiger partial charge in [-0.25, -0.2) is 0 Å². The van der Waals surface area contributed by atoms with E-state index in [4.69, 9.17) is 0 Å². The maximum atomic E-state index is 10.1. The lowest BCUT2D eigenvalue weighted by atomic mass is 9.92. The van der Waals surface area contributed by atoms with Crippen molar-refractivity contribution in [3.8, 4) is 0 Å². The zero-order valence-electron chi connectivity index (χ0n) is 8.48. The number of aromatic nitrogens is 2. The van der Waals surface area contributed by atoms with Crippen molar-refractivity contribution in [2.75, 3.05) is 13.1 Å². The van der Waals surface area contributed by atoms with Crippen LogP contribution in [0.2, 0.25) is 0 Å². The predicted octanol–water partition coefficient (Wildman–Crippen LogP) is 0.453. The van der Waals surface area contributed by atoms with Gasteiger partial charge in [0.25, 0.3) is 0 Å². The second kappa shape index (κ2) is 4.11. The van der Waals surface area contributed by atoms with Crippen molar-refractivity contribution < 1.29 is 5.11 Å². The van der Waals surface area contributed by atoms with Crippen LogP contribution in [0.5, 0.6) is 0 Å². The van der Waals surface area contributed by atoms with E-state index in [1.54, 1.807) is 10.9 Å². The summed E-state index contributed by atoms with van der Waals surface area (Å²) >= 11 is 0. The lowest BCUT2D eigenvalue weighted by molar-refractivity contribution is 0.0848. The number of nitrogens with zero attached hydrogens (tertiary/aromatic N) is 2. The first-order valence-corrected chi connectivity index (χ1v) is 5.15. The average molecular weight is 195 g/mol. The third-order valence-electron chi connectivity index (χ3n) is 2.94. The highest BCUT2D eigenvalue weighted by atomic mass is 16.3. The Morgan fingerprint density at radius 2 is 2.57 bits per heavy atom. The molecule has 4 nitrogen and oxygen atoms in total. The van der Waals surface area contributed by atoms with E-state index in [1.165, 1.54) is 0 Å². The molecule has 14 heavy (non-hydrogen) atoms. The van der Waals surface area contributed by atoms with Crippen molar-refractivity contribution in [2.24, 2.45) is 13.0 Å². The Labute approximate surface area is 83.9 Å². The van der Waals surface area contributed by atoms with E-state index < -0.39 is 0 Å². The van der Waals surface area contributed by atoms with Gasteiger partial charge in [0, 0.05) is 25.7 Å². The highest BCUT2D eigenvalue weighted by molar-refractivity contribution is 5.06. The largest absolute Gasteiger partial charge is 0.386 e. The number of aryl methyl sites for hydroxylation is 1. The average Bonchev–Trinajstić information content (AvgIpc) is 2.65. The van der Waals surface area contributed by atoms with Gasteiger partial charge in [-0.3, -0.25) is 4.68 Å². The van der Waals surface area contributed by atoms with Crippen molar-refractivity contribution in [1.82, 2.24) is 15.1 Å². The van der Waals surface area contributed by atoms with Gasteiger partial charge in [-0.1, -0.05) is 0 Å². The summed E-state index contributed by atoms with van der Waals surface area (Å²) in [7, 11) is 1.87. The van der Waals surface area contributed by atoms with Crippen molar-refractivity contribution in [1.29, 1.82) is 0 Å². The Balaban J connectivity index is 2.07. The topological polar surface area (TPSA) is 50.1 Å². The molecule has 1 fully saturated rings. The molecule has 1 saturated heterocycles. The van der Waals surface area contributed by atoms with Crippen LogP contribution in [0.4, 0.5) is 0 Å². The molecule has 0 saturated carbocycles. The summed E-state index contributed by atoms with van der Waals surface area (Å²) in [4.78, 5) is 0. The van der Waals surface area contributed by atoms with E-state index in [0.29, 0.717) is 5.92 Å². The Kier molecular flexibility index (Phi) is 2.84. The van der Waals surface area contributed by atoms with Crippen LogP contribution in [-0.2, 0) is 7.05 Å². The molecule has 0 amide bonds. The third-order valence-corrected chi connectivity index (χ3v) is 2.94. The van der Waals surface area contributed by atoms with Crippen LogP contribution in [0.15, 0.2) is 12.3 Å². The fourth-order valence-corrected chi connectivity index (χ4v) is 2.06. The second-order valence-electron chi connectivity index (χ2n) is 3.93. The van der Waals surface area contributed by atoms with Crippen molar-refractivity contribution in [3.63, 3.8) is 0 Å². The van der Waals surface area contributed by atoms with E-state index in [1.807, 2.05) is 13.1 Å². The van der Waals surface area contributed by atoms with E-state index >= 15 is 0 Å². The van der Waals surface area contributed by atoms with Gasteiger partial charge in [0.05, 0.1) is 11.8 Å². The molecule has 0 bridgehead atoms. The first kappa shape index (κ1) is 9.68. The molecule has 4 heteroatoms. The number of nitrogens with one attached hydrogen (secondary N) is 1. The maximum Gasteiger partial charge on any atom is 0.0996 e. The lowest BCUT2D eigenvalue weighted by Gasteiger charge is -2.27. The number of aliphatic hydroxyl groups excluding tert-OH is 1. The molecule has 2 atom stereocenters. The van der Waals surface area contributed by atoms with Crippen LogP contribution < -0.4 is 5.32 Å². The van der Waals surface area contributed by atoms with Gasteiger partial charge in [-0.2, -0.15) is 5.10 Å². The fraction of sp³-hybridized carbons (Fsp3) is 0.700. The van der Waals surface area contributed by atoms with Gasteiger partial charge in [-0.15, -0.1) is 0 Å². The minimum Gasteiger partial charge on any atom is -0.386 e. The molecular formula is C10H17N3O. The van der Waals surface area contributed by atoms with Gasteiger partial charge < -0.3 is 10.4 Å². The predicted molar refractivity (Wildman–Crippen MR) is 53.8 cm³/mol. The number of rotatable bonds is 2. The molecule has 78 valence electrons. The molecule has 0 unspecified atom stereocenters. The molecule has 0 radical (unpaired) electrons. The standard InChI is InChI=1S/C10H17N3O/c1-13-9(4-6-12-13)10(14)8-3-2-5-11-7-8/h4,6,8,10-11,14H,2-3,5,7H2,1H3/t8-,10-/m1/s1. The van der Waals surface area contributed by atoms with E-state index in [-0.39, 0.29) is 6.10 Å². The zero-order valence-corrected chi connectivity index (χ0v) is 8.48. The SMILES string of the molecule is Cn1nccc1[C@H](O)[C@@H]1CCCNC1. The Bertz CT molecular complexity index is 291. The smallest absolute Gasteiger partial charge is 0.0996 e. The van der Waals surface area contributed by atoms with E-state index in [2.05, 4.69) is 10.4 Å². The molecule has 0 spiro atoms. The molecule has 1 aromatic rings. The van der Waals surface area contributed by atoms with Crippen LogP contribution in [0.25, 0.3) is 0 Å². The number of piperidine rings is 1.